The Morgan fingerprint density at radius 3 is 2.40 bits per heavy atom. The maximum absolute atomic E-state index is 12.9. The number of carbonyl (C=O) groups is 1. The highest BCUT2D eigenvalue weighted by molar-refractivity contribution is 7.92. The molecule has 0 spiro atoms. The topological polar surface area (TPSA) is 114 Å². The van der Waals surface area contributed by atoms with Crippen molar-refractivity contribution in [1.29, 1.82) is 5.26 Å². The van der Waals surface area contributed by atoms with Crippen molar-refractivity contribution in [2.24, 2.45) is 0 Å². The molecule has 0 radical (unpaired) electrons. The number of nitrogens with zero attached hydrogens (tertiary/aromatic N) is 3. The molecule has 1 aliphatic heterocycles. The van der Waals surface area contributed by atoms with Crippen LogP contribution in [0.4, 0.5) is 11.4 Å². The van der Waals surface area contributed by atoms with Crippen LogP contribution in [-0.4, -0.2) is 57.1 Å². The molecule has 0 amide bonds. The summed E-state index contributed by atoms with van der Waals surface area (Å²) in [7, 11) is -3.87. The molecule has 1 aliphatic rings. The third kappa shape index (κ3) is 5.09. The highest BCUT2D eigenvalue weighted by Gasteiger charge is 2.23. The SMILES string of the molecule is Cc1ccc(S(=O)(=O)Nc2cc(C(=O)O)ccc2N2CCN(CCC#N)CC2)cc1. The van der Waals surface area contributed by atoms with Gasteiger partial charge in [0.1, 0.15) is 0 Å². The van der Waals surface area contributed by atoms with E-state index in [0.29, 0.717) is 31.7 Å². The fraction of sp³-hybridized carbons (Fsp3) is 0.333. The summed E-state index contributed by atoms with van der Waals surface area (Å²) in [4.78, 5) is 15.8. The quantitative estimate of drug-likeness (QED) is 0.696. The summed E-state index contributed by atoms with van der Waals surface area (Å²) in [5.74, 6) is -1.13. The van der Waals surface area contributed by atoms with Crippen molar-refractivity contribution in [3.8, 4) is 6.07 Å². The molecule has 0 bridgehead atoms. The molecule has 8 nitrogen and oxygen atoms in total. The standard InChI is InChI=1S/C21H24N4O4S/c1-16-3-6-18(7-4-16)30(28,29)23-19-15-17(21(26)27)5-8-20(19)25-13-11-24(12-14-25)10-2-9-22/h3-8,15,23H,2,10-14H2,1H3,(H,26,27). The van der Waals surface area contributed by atoms with Crippen LogP contribution in [0.25, 0.3) is 0 Å². The predicted octanol–water partition coefficient (Wildman–Crippen LogP) is 2.53. The third-order valence-corrected chi connectivity index (χ3v) is 6.45. The summed E-state index contributed by atoms with van der Waals surface area (Å²) >= 11 is 0. The number of rotatable bonds is 7. The fourth-order valence-electron chi connectivity index (χ4n) is 3.37. The Hall–Kier alpha value is -3.09. The number of nitriles is 1. The van der Waals surface area contributed by atoms with Gasteiger partial charge in [-0.2, -0.15) is 5.26 Å². The van der Waals surface area contributed by atoms with E-state index >= 15 is 0 Å². The van der Waals surface area contributed by atoms with E-state index in [1.165, 1.54) is 24.3 Å². The molecule has 2 N–H and O–H groups in total. The molecule has 158 valence electrons. The van der Waals surface area contributed by atoms with E-state index in [0.717, 1.165) is 18.7 Å². The molecule has 0 atom stereocenters. The number of sulfonamides is 1. The normalized spacial score (nSPS) is 14.9. The van der Waals surface area contributed by atoms with Crippen molar-refractivity contribution in [1.82, 2.24) is 4.90 Å². The number of benzene rings is 2. The average Bonchev–Trinajstić information content (AvgIpc) is 2.72. The van der Waals surface area contributed by atoms with Crippen LogP contribution in [0.3, 0.4) is 0 Å². The Morgan fingerprint density at radius 2 is 1.80 bits per heavy atom. The lowest BCUT2D eigenvalue weighted by atomic mass is 10.1. The zero-order valence-corrected chi connectivity index (χ0v) is 17.5. The molecule has 9 heteroatoms. The number of aromatic carboxylic acids is 1. The van der Waals surface area contributed by atoms with Crippen molar-refractivity contribution in [2.75, 3.05) is 42.3 Å². The number of anilines is 2. The summed E-state index contributed by atoms with van der Waals surface area (Å²) < 4.78 is 28.3. The van der Waals surface area contributed by atoms with Gasteiger partial charge in [0.2, 0.25) is 0 Å². The van der Waals surface area contributed by atoms with Crippen LogP contribution in [0.15, 0.2) is 47.4 Å². The minimum atomic E-state index is -3.87. The van der Waals surface area contributed by atoms with Gasteiger partial charge in [-0.3, -0.25) is 9.62 Å². The molecule has 30 heavy (non-hydrogen) atoms. The van der Waals surface area contributed by atoms with Gasteiger partial charge in [0.15, 0.2) is 0 Å². The lowest BCUT2D eigenvalue weighted by Crippen LogP contribution is -2.46. The molecule has 2 aromatic carbocycles. The van der Waals surface area contributed by atoms with Crippen LogP contribution >= 0.6 is 0 Å². The average molecular weight is 429 g/mol. The minimum absolute atomic E-state index is 0.00742. The van der Waals surface area contributed by atoms with Gasteiger partial charge in [-0.25, -0.2) is 13.2 Å². The second-order valence-electron chi connectivity index (χ2n) is 7.19. The number of hydrogen-bond donors (Lipinski definition) is 2. The second-order valence-corrected chi connectivity index (χ2v) is 8.87. The van der Waals surface area contributed by atoms with Gasteiger partial charge < -0.3 is 10.0 Å². The lowest BCUT2D eigenvalue weighted by Gasteiger charge is -2.36. The highest BCUT2D eigenvalue weighted by atomic mass is 32.2. The van der Waals surface area contributed by atoms with E-state index in [9.17, 15) is 18.3 Å². The van der Waals surface area contributed by atoms with E-state index in [1.807, 2.05) is 11.8 Å². The monoisotopic (exact) mass is 428 g/mol. The molecule has 0 saturated carbocycles. The summed E-state index contributed by atoms with van der Waals surface area (Å²) in [6.45, 7) is 5.36. The first-order chi connectivity index (χ1) is 14.3. The van der Waals surface area contributed by atoms with Gasteiger partial charge in [-0.05, 0) is 37.3 Å². The number of hydrogen-bond acceptors (Lipinski definition) is 6. The fourth-order valence-corrected chi connectivity index (χ4v) is 4.43. The summed E-state index contributed by atoms with van der Waals surface area (Å²) in [5, 5.41) is 18.1. The summed E-state index contributed by atoms with van der Waals surface area (Å²) in [6, 6.07) is 13.1. The molecule has 2 aromatic rings. The molecule has 0 aromatic heterocycles. The molecule has 3 rings (SSSR count). The molecule has 1 heterocycles. The number of carboxylic acids is 1. The third-order valence-electron chi connectivity index (χ3n) is 5.07. The van der Waals surface area contributed by atoms with Crippen LogP contribution in [0.1, 0.15) is 22.3 Å². The first-order valence-electron chi connectivity index (χ1n) is 9.61. The molecule has 0 aliphatic carbocycles. The highest BCUT2D eigenvalue weighted by Crippen LogP contribution is 2.30. The van der Waals surface area contributed by atoms with E-state index in [1.54, 1.807) is 18.2 Å². The van der Waals surface area contributed by atoms with E-state index < -0.39 is 16.0 Å². The molecular weight excluding hydrogens is 404 g/mol. The zero-order chi connectivity index (χ0) is 21.7. The molecule has 1 saturated heterocycles. The van der Waals surface area contributed by atoms with Crippen molar-refractivity contribution < 1.29 is 18.3 Å². The Bertz CT molecular complexity index is 1050. The summed E-state index contributed by atoms with van der Waals surface area (Å²) in [6.07, 6.45) is 0.467. The van der Waals surface area contributed by atoms with Gasteiger partial charge in [0.25, 0.3) is 10.0 Å². The molecule has 1 fully saturated rings. The maximum atomic E-state index is 12.9. The minimum Gasteiger partial charge on any atom is -0.478 e. The van der Waals surface area contributed by atoms with Gasteiger partial charge in [0.05, 0.1) is 27.9 Å². The van der Waals surface area contributed by atoms with Crippen molar-refractivity contribution >= 4 is 27.4 Å². The zero-order valence-electron chi connectivity index (χ0n) is 16.7. The van der Waals surface area contributed by atoms with Gasteiger partial charge in [-0.15, -0.1) is 0 Å². The van der Waals surface area contributed by atoms with E-state index in [2.05, 4.69) is 15.7 Å². The lowest BCUT2D eigenvalue weighted by molar-refractivity contribution is 0.0697. The van der Waals surface area contributed by atoms with Gasteiger partial charge in [0, 0.05) is 39.1 Å². The predicted molar refractivity (Wildman–Crippen MR) is 114 cm³/mol. The number of aryl methyl sites for hydroxylation is 1. The maximum Gasteiger partial charge on any atom is 0.335 e. The smallest absolute Gasteiger partial charge is 0.335 e. The van der Waals surface area contributed by atoms with Crippen LogP contribution in [0.2, 0.25) is 0 Å². The second kappa shape index (κ2) is 9.15. The van der Waals surface area contributed by atoms with Crippen molar-refractivity contribution in [3.63, 3.8) is 0 Å². The van der Waals surface area contributed by atoms with E-state index in [-0.39, 0.29) is 16.1 Å². The first kappa shape index (κ1) is 21.6. The van der Waals surface area contributed by atoms with Gasteiger partial charge in [-0.1, -0.05) is 17.7 Å². The van der Waals surface area contributed by atoms with E-state index in [4.69, 9.17) is 5.26 Å². The van der Waals surface area contributed by atoms with Crippen molar-refractivity contribution in [3.05, 3.63) is 53.6 Å². The largest absolute Gasteiger partial charge is 0.478 e. The Morgan fingerprint density at radius 1 is 1.13 bits per heavy atom. The van der Waals surface area contributed by atoms with Crippen LogP contribution in [0, 0.1) is 18.3 Å². The van der Waals surface area contributed by atoms with Crippen molar-refractivity contribution in [2.45, 2.75) is 18.2 Å². The van der Waals surface area contributed by atoms with Crippen LogP contribution in [-0.2, 0) is 10.0 Å². The van der Waals surface area contributed by atoms with Gasteiger partial charge >= 0.3 is 5.97 Å². The van der Waals surface area contributed by atoms with Crippen LogP contribution in [0.5, 0.6) is 0 Å². The Labute approximate surface area is 176 Å². The Balaban J connectivity index is 1.87. The number of carboxylic acid groups (broad SMARTS) is 1. The first-order valence-corrected chi connectivity index (χ1v) is 11.1. The summed E-state index contributed by atoms with van der Waals surface area (Å²) in [5.41, 5.74) is 1.82. The molecule has 0 unspecified atom stereocenters. The molecular formula is C21H24N4O4S. The Kier molecular flexibility index (Phi) is 6.59. The number of nitrogens with one attached hydrogen (secondary N) is 1. The number of piperazine rings is 1. The van der Waals surface area contributed by atoms with Crippen LogP contribution < -0.4 is 9.62 Å².